The minimum absolute atomic E-state index is 0.0317. The monoisotopic (exact) mass is 346 g/mol. The van der Waals surface area contributed by atoms with Gasteiger partial charge in [0.15, 0.2) is 0 Å². The highest BCUT2D eigenvalue weighted by atomic mass is 32.2. The van der Waals surface area contributed by atoms with Crippen LogP contribution in [0.3, 0.4) is 0 Å². The molecule has 2 aromatic carbocycles. The third-order valence-corrected chi connectivity index (χ3v) is 6.21. The average Bonchev–Trinajstić information content (AvgIpc) is 3.06. The fourth-order valence-corrected chi connectivity index (χ4v) is 4.77. The molecular weight excluding hydrogens is 328 g/mol. The van der Waals surface area contributed by atoms with Crippen LogP contribution in [0, 0.1) is 17.0 Å². The summed E-state index contributed by atoms with van der Waals surface area (Å²) in [5, 5.41) is 10.9. The molecule has 0 amide bonds. The molecule has 1 atom stereocenters. The zero-order valence-corrected chi connectivity index (χ0v) is 14.1. The smallest absolute Gasteiger partial charge is 0.258 e. The molecule has 1 unspecified atom stereocenters. The highest BCUT2D eigenvalue weighted by molar-refractivity contribution is 7.89. The summed E-state index contributed by atoms with van der Waals surface area (Å²) in [7, 11) is -3.77. The van der Waals surface area contributed by atoms with Crippen molar-refractivity contribution in [1.29, 1.82) is 0 Å². The molecule has 0 aliphatic carbocycles. The van der Waals surface area contributed by atoms with Crippen molar-refractivity contribution in [3.63, 3.8) is 0 Å². The number of sulfonamides is 1. The van der Waals surface area contributed by atoms with E-state index >= 15 is 0 Å². The Hall–Kier alpha value is -2.25. The lowest BCUT2D eigenvalue weighted by atomic mass is 10.0. The number of aryl methyl sites for hydroxylation is 1. The summed E-state index contributed by atoms with van der Waals surface area (Å²) < 4.78 is 27.4. The summed E-state index contributed by atoms with van der Waals surface area (Å²) in [5.41, 5.74) is 1.85. The Balaban J connectivity index is 1.97. The highest BCUT2D eigenvalue weighted by Crippen LogP contribution is 2.37. The molecule has 1 saturated heterocycles. The molecule has 126 valence electrons. The molecule has 1 heterocycles. The van der Waals surface area contributed by atoms with Gasteiger partial charge in [0, 0.05) is 18.7 Å². The van der Waals surface area contributed by atoms with Gasteiger partial charge in [0.05, 0.1) is 15.9 Å². The van der Waals surface area contributed by atoms with Gasteiger partial charge in [-0.2, -0.15) is 4.31 Å². The van der Waals surface area contributed by atoms with E-state index in [-0.39, 0.29) is 16.6 Å². The Morgan fingerprint density at radius 2 is 1.88 bits per heavy atom. The first-order chi connectivity index (χ1) is 11.4. The van der Waals surface area contributed by atoms with Crippen molar-refractivity contribution in [3.8, 4) is 0 Å². The van der Waals surface area contributed by atoms with Crippen molar-refractivity contribution in [2.24, 2.45) is 0 Å². The van der Waals surface area contributed by atoms with E-state index < -0.39 is 14.9 Å². The number of hydrogen-bond donors (Lipinski definition) is 0. The summed E-state index contributed by atoms with van der Waals surface area (Å²) in [6, 6.07) is 12.8. The molecule has 0 saturated carbocycles. The van der Waals surface area contributed by atoms with Crippen molar-refractivity contribution in [3.05, 3.63) is 69.8 Å². The molecule has 24 heavy (non-hydrogen) atoms. The highest BCUT2D eigenvalue weighted by Gasteiger charge is 2.36. The van der Waals surface area contributed by atoms with Crippen LogP contribution in [0.1, 0.15) is 30.0 Å². The minimum atomic E-state index is -3.77. The topological polar surface area (TPSA) is 80.5 Å². The Morgan fingerprint density at radius 1 is 1.17 bits per heavy atom. The van der Waals surface area contributed by atoms with Gasteiger partial charge in [-0.15, -0.1) is 0 Å². The van der Waals surface area contributed by atoms with Gasteiger partial charge < -0.3 is 0 Å². The molecule has 0 aromatic heterocycles. The van der Waals surface area contributed by atoms with Crippen molar-refractivity contribution in [1.82, 2.24) is 4.31 Å². The van der Waals surface area contributed by atoms with E-state index in [4.69, 9.17) is 0 Å². The van der Waals surface area contributed by atoms with E-state index in [1.165, 1.54) is 22.5 Å². The maximum absolute atomic E-state index is 13.0. The molecule has 0 bridgehead atoms. The van der Waals surface area contributed by atoms with E-state index in [1.807, 2.05) is 31.2 Å². The first-order valence-corrected chi connectivity index (χ1v) is 9.16. The number of nitro benzene ring substituents is 1. The molecule has 0 spiro atoms. The van der Waals surface area contributed by atoms with Crippen LogP contribution in [-0.4, -0.2) is 24.2 Å². The number of nitro groups is 1. The lowest BCUT2D eigenvalue weighted by Gasteiger charge is -2.24. The SMILES string of the molecule is Cc1ccc(C2CCCN2S(=O)(=O)c2cccc([N+](=O)[O-])c2)cc1. The van der Waals surface area contributed by atoms with Gasteiger partial charge in [0.1, 0.15) is 0 Å². The second kappa shape index (κ2) is 6.33. The Bertz CT molecular complexity index is 862. The Labute approximate surface area is 140 Å². The van der Waals surface area contributed by atoms with E-state index in [0.717, 1.165) is 30.0 Å². The maximum Gasteiger partial charge on any atom is 0.270 e. The summed E-state index contributed by atoms with van der Waals surface area (Å²) in [6.07, 6.45) is 1.52. The third-order valence-electron chi connectivity index (χ3n) is 4.30. The second-order valence-corrected chi connectivity index (χ2v) is 7.83. The van der Waals surface area contributed by atoms with Crippen LogP contribution in [-0.2, 0) is 10.0 Å². The van der Waals surface area contributed by atoms with E-state index in [9.17, 15) is 18.5 Å². The largest absolute Gasteiger partial charge is 0.270 e. The van der Waals surface area contributed by atoms with Crippen LogP contribution >= 0.6 is 0 Å². The molecule has 2 aromatic rings. The van der Waals surface area contributed by atoms with Gasteiger partial charge in [-0.05, 0) is 31.4 Å². The predicted molar refractivity (Wildman–Crippen MR) is 90.1 cm³/mol. The average molecular weight is 346 g/mol. The molecule has 3 rings (SSSR count). The lowest BCUT2D eigenvalue weighted by Crippen LogP contribution is -2.30. The van der Waals surface area contributed by atoms with E-state index in [2.05, 4.69) is 0 Å². The molecule has 7 heteroatoms. The van der Waals surface area contributed by atoms with Crippen molar-refractivity contribution in [2.45, 2.75) is 30.7 Å². The van der Waals surface area contributed by atoms with Crippen LogP contribution < -0.4 is 0 Å². The molecule has 6 nitrogen and oxygen atoms in total. The van der Waals surface area contributed by atoms with Crippen molar-refractivity contribution < 1.29 is 13.3 Å². The molecular formula is C17H18N2O4S. The van der Waals surface area contributed by atoms with E-state index in [1.54, 1.807) is 0 Å². The zero-order valence-electron chi connectivity index (χ0n) is 13.3. The number of rotatable bonds is 4. The number of benzene rings is 2. The fourth-order valence-electron chi connectivity index (χ4n) is 3.04. The molecule has 1 aliphatic heterocycles. The quantitative estimate of drug-likeness (QED) is 0.627. The number of nitrogens with zero attached hydrogens (tertiary/aromatic N) is 2. The number of non-ortho nitro benzene ring substituents is 1. The molecule has 0 radical (unpaired) electrons. The van der Waals surface area contributed by atoms with Crippen LogP contribution in [0.4, 0.5) is 5.69 Å². The summed E-state index contributed by atoms with van der Waals surface area (Å²) in [4.78, 5) is 10.3. The van der Waals surface area contributed by atoms with Crippen molar-refractivity contribution >= 4 is 15.7 Å². The first kappa shape index (κ1) is 16.6. The zero-order chi connectivity index (χ0) is 17.3. The van der Waals surface area contributed by atoms with Crippen LogP contribution in [0.25, 0.3) is 0 Å². The van der Waals surface area contributed by atoms with Gasteiger partial charge in [-0.1, -0.05) is 35.9 Å². The standard InChI is InChI=1S/C17H18N2O4S/c1-13-7-9-14(10-8-13)17-6-3-11-18(17)24(22,23)16-5-2-4-15(12-16)19(20)21/h2,4-5,7-10,12,17H,3,6,11H2,1H3. The van der Waals surface area contributed by atoms with Crippen molar-refractivity contribution in [2.75, 3.05) is 6.54 Å². The number of hydrogen-bond acceptors (Lipinski definition) is 4. The van der Waals surface area contributed by atoms with E-state index in [0.29, 0.717) is 6.54 Å². The molecule has 1 fully saturated rings. The summed E-state index contributed by atoms with van der Waals surface area (Å²) >= 11 is 0. The van der Waals surface area contributed by atoms with Crippen LogP contribution in [0.15, 0.2) is 53.4 Å². The normalized spacial score (nSPS) is 18.6. The third kappa shape index (κ3) is 3.05. The van der Waals surface area contributed by atoms with Crippen LogP contribution in [0.5, 0.6) is 0 Å². The molecule has 0 N–H and O–H groups in total. The fraction of sp³-hybridized carbons (Fsp3) is 0.294. The van der Waals surface area contributed by atoms with Gasteiger partial charge in [-0.3, -0.25) is 10.1 Å². The van der Waals surface area contributed by atoms with Gasteiger partial charge in [-0.25, -0.2) is 8.42 Å². The van der Waals surface area contributed by atoms with Gasteiger partial charge >= 0.3 is 0 Å². The Kier molecular flexibility index (Phi) is 4.38. The molecule has 1 aliphatic rings. The Morgan fingerprint density at radius 3 is 2.54 bits per heavy atom. The lowest BCUT2D eigenvalue weighted by molar-refractivity contribution is -0.385. The van der Waals surface area contributed by atoms with Crippen LogP contribution in [0.2, 0.25) is 0 Å². The minimum Gasteiger partial charge on any atom is -0.258 e. The first-order valence-electron chi connectivity index (χ1n) is 7.72. The van der Waals surface area contributed by atoms with Gasteiger partial charge in [0.2, 0.25) is 10.0 Å². The second-order valence-electron chi connectivity index (χ2n) is 5.94. The maximum atomic E-state index is 13.0. The summed E-state index contributed by atoms with van der Waals surface area (Å²) in [5.74, 6) is 0. The predicted octanol–water partition coefficient (Wildman–Crippen LogP) is 3.43. The summed E-state index contributed by atoms with van der Waals surface area (Å²) in [6.45, 7) is 2.40. The van der Waals surface area contributed by atoms with Gasteiger partial charge in [0.25, 0.3) is 5.69 Å².